The lowest BCUT2D eigenvalue weighted by Gasteiger charge is -2.46. The fourth-order valence-corrected chi connectivity index (χ4v) is 9.12. The van der Waals surface area contributed by atoms with Crippen molar-refractivity contribution in [3.8, 4) is 22.9 Å². The fraction of sp³-hybridized carbons (Fsp3) is 0.500. The lowest BCUT2D eigenvalue weighted by atomic mass is 9.73. The van der Waals surface area contributed by atoms with Gasteiger partial charge in [0.15, 0.2) is 0 Å². The number of rotatable bonds is 7. The summed E-state index contributed by atoms with van der Waals surface area (Å²) >= 11 is 0. The van der Waals surface area contributed by atoms with Gasteiger partial charge in [0.05, 0.1) is 23.0 Å². The minimum Gasteiger partial charge on any atom is -0.437 e. The maximum Gasteiger partial charge on any atom is 0.251 e. The molecule has 1 N–H and O–H groups in total. The molecule has 2 aromatic heterocycles. The minimum absolute atomic E-state index is 0.0583. The zero-order valence-electron chi connectivity index (χ0n) is 32.0. The number of carbonyl (C=O) groups is 3. The summed E-state index contributed by atoms with van der Waals surface area (Å²) in [6, 6.07) is 14.5. The first-order valence-electron chi connectivity index (χ1n) is 19.1. The summed E-state index contributed by atoms with van der Waals surface area (Å²) in [5, 5.41) is 2.71. The highest BCUT2D eigenvalue weighted by molar-refractivity contribution is 6.09. The Morgan fingerprint density at radius 3 is 2.40 bits per heavy atom. The Labute approximate surface area is 311 Å². The summed E-state index contributed by atoms with van der Waals surface area (Å²) in [7, 11) is 1.62. The third-order valence-electron chi connectivity index (χ3n) is 12.4. The number of nitrogens with zero attached hydrogens (tertiary/aromatic N) is 6. The number of nitrogens with one attached hydrogen (secondary N) is 1. The first-order chi connectivity index (χ1) is 25.3. The number of piperidine rings is 1. The molecule has 5 heterocycles. The fourth-order valence-electron chi connectivity index (χ4n) is 9.12. The number of imidazole rings is 1. The molecule has 3 amide bonds. The van der Waals surface area contributed by atoms with E-state index in [1.807, 2.05) is 40.9 Å². The Kier molecular flexibility index (Phi) is 8.63. The third kappa shape index (κ3) is 5.97. The molecule has 4 aromatic rings. The number of fused-ring (bicyclic) bond motifs is 3. The number of aromatic nitrogens is 3. The summed E-state index contributed by atoms with van der Waals surface area (Å²) in [6.07, 6.45) is 6.18. The lowest BCUT2D eigenvalue weighted by molar-refractivity contribution is -0.134. The van der Waals surface area contributed by atoms with Crippen molar-refractivity contribution in [2.45, 2.75) is 97.2 Å². The van der Waals surface area contributed by atoms with Gasteiger partial charge in [-0.1, -0.05) is 32.0 Å². The Morgan fingerprint density at radius 1 is 0.981 bits per heavy atom. The van der Waals surface area contributed by atoms with Crippen LogP contribution in [0.3, 0.4) is 0 Å². The molecule has 1 aliphatic carbocycles. The van der Waals surface area contributed by atoms with Gasteiger partial charge in [0.25, 0.3) is 5.91 Å². The highest BCUT2D eigenvalue weighted by atomic mass is 16.5. The third-order valence-corrected chi connectivity index (χ3v) is 12.4. The first kappa shape index (κ1) is 35.3. The number of amides is 3. The predicted molar refractivity (Wildman–Crippen MR) is 205 cm³/mol. The maximum atomic E-state index is 14.8. The SMILES string of the molecule is CNC(=O)c1cc(Oc2nc(-c3ccc4c(c3)N(C3CC(N5CCC(C)(C)C5)C3)C(=O)C43CCN(C(C)=O)CC3)cc3ncn(C(C)C)c23)ccc1C. The Hall–Kier alpha value is -4.77. The molecule has 0 atom stereocenters. The number of hydrogen-bond acceptors (Lipinski definition) is 7. The van der Waals surface area contributed by atoms with Gasteiger partial charge >= 0.3 is 0 Å². The normalized spacial score (nSPS) is 22.1. The molecule has 4 aliphatic rings. The van der Waals surface area contributed by atoms with Gasteiger partial charge in [0.2, 0.25) is 17.7 Å². The molecular weight excluding hydrogens is 667 g/mol. The van der Waals surface area contributed by atoms with Crippen molar-refractivity contribution >= 4 is 34.4 Å². The van der Waals surface area contributed by atoms with E-state index < -0.39 is 5.41 Å². The number of likely N-dealkylation sites (tertiary alicyclic amines) is 2. The van der Waals surface area contributed by atoms with Crippen LogP contribution in [0.15, 0.2) is 48.8 Å². The number of carbonyl (C=O) groups excluding carboxylic acids is 3. The molecule has 2 aromatic carbocycles. The minimum atomic E-state index is -0.643. The summed E-state index contributed by atoms with van der Waals surface area (Å²) in [5.74, 6) is 0.945. The van der Waals surface area contributed by atoms with E-state index in [2.05, 4.69) is 61.0 Å². The molecule has 0 bridgehead atoms. The smallest absolute Gasteiger partial charge is 0.251 e. The van der Waals surface area contributed by atoms with Gasteiger partial charge in [-0.15, -0.1) is 0 Å². The van der Waals surface area contributed by atoms with E-state index in [1.165, 1.54) is 6.42 Å². The molecule has 2 saturated heterocycles. The number of benzene rings is 2. The number of anilines is 1. The van der Waals surface area contributed by atoms with Crippen LogP contribution < -0.4 is 15.0 Å². The van der Waals surface area contributed by atoms with Crippen molar-refractivity contribution in [1.82, 2.24) is 29.7 Å². The molecule has 8 rings (SSSR count). The van der Waals surface area contributed by atoms with Crippen LogP contribution in [0.4, 0.5) is 5.69 Å². The molecule has 53 heavy (non-hydrogen) atoms. The average molecular weight is 718 g/mol. The number of hydrogen-bond donors (Lipinski definition) is 1. The number of pyridine rings is 1. The molecule has 11 nitrogen and oxygen atoms in total. The molecule has 0 unspecified atom stereocenters. The summed E-state index contributed by atoms with van der Waals surface area (Å²) in [6.45, 7) is 15.7. The largest absolute Gasteiger partial charge is 0.437 e. The van der Waals surface area contributed by atoms with Gasteiger partial charge in [-0.2, -0.15) is 0 Å². The molecule has 3 fully saturated rings. The van der Waals surface area contributed by atoms with Crippen molar-refractivity contribution in [2.75, 3.05) is 38.1 Å². The molecule has 1 saturated carbocycles. The standard InChI is InChI=1S/C42H51N7O4/c1-25(2)48-24-44-35-22-34(45-39(37(35)48)53-31-10-8-26(3)32(21-31)38(51)43-7)28-9-11-33-36(18-28)49(30-19-29(20-30)47-15-12-41(5,6)23-47)40(52)42(33)13-16-46(17-14-42)27(4)50/h8-11,18,21-22,24-25,29-30H,12-17,19-20,23H2,1-7H3,(H,43,51). The van der Waals surface area contributed by atoms with Crippen LogP contribution >= 0.6 is 0 Å². The van der Waals surface area contributed by atoms with Gasteiger partial charge in [0.1, 0.15) is 11.3 Å². The quantitative estimate of drug-likeness (QED) is 0.229. The molecule has 11 heteroatoms. The Balaban J connectivity index is 1.18. The van der Waals surface area contributed by atoms with Crippen molar-refractivity contribution in [3.05, 3.63) is 65.5 Å². The molecule has 3 aliphatic heterocycles. The summed E-state index contributed by atoms with van der Waals surface area (Å²) < 4.78 is 8.58. The topological polar surface area (TPSA) is 113 Å². The van der Waals surface area contributed by atoms with E-state index in [-0.39, 0.29) is 29.8 Å². The molecular formula is C42H51N7O4. The van der Waals surface area contributed by atoms with Gasteiger partial charge in [-0.25, -0.2) is 9.97 Å². The van der Waals surface area contributed by atoms with Crippen LogP contribution in [0.5, 0.6) is 11.6 Å². The van der Waals surface area contributed by atoms with Crippen LogP contribution in [0.2, 0.25) is 0 Å². The van der Waals surface area contributed by atoms with Crippen LogP contribution in [-0.2, 0) is 15.0 Å². The van der Waals surface area contributed by atoms with Crippen LogP contribution in [0, 0.1) is 12.3 Å². The Bertz CT molecular complexity index is 2120. The highest BCUT2D eigenvalue weighted by Crippen LogP contribution is 2.52. The van der Waals surface area contributed by atoms with Crippen LogP contribution in [0.25, 0.3) is 22.3 Å². The lowest BCUT2D eigenvalue weighted by Crippen LogP contribution is -2.57. The zero-order valence-corrected chi connectivity index (χ0v) is 32.0. The predicted octanol–water partition coefficient (Wildman–Crippen LogP) is 6.63. The van der Waals surface area contributed by atoms with Crippen molar-refractivity contribution < 1.29 is 19.1 Å². The van der Waals surface area contributed by atoms with E-state index in [0.717, 1.165) is 59.3 Å². The van der Waals surface area contributed by atoms with Gasteiger partial charge in [0, 0.05) is 68.5 Å². The van der Waals surface area contributed by atoms with Crippen LogP contribution in [0.1, 0.15) is 94.2 Å². The average Bonchev–Trinajstić information content (AvgIpc) is 3.77. The van der Waals surface area contributed by atoms with Crippen LogP contribution in [-0.4, -0.2) is 87.4 Å². The second-order valence-corrected chi connectivity index (χ2v) is 16.7. The maximum absolute atomic E-state index is 14.8. The van der Waals surface area contributed by atoms with E-state index in [1.54, 1.807) is 20.0 Å². The zero-order chi connectivity index (χ0) is 37.4. The second kappa shape index (κ2) is 13.0. The summed E-state index contributed by atoms with van der Waals surface area (Å²) in [5.41, 5.74) is 6.16. The van der Waals surface area contributed by atoms with Crippen molar-refractivity contribution in [3.63, 3.8) is 0 Å². The number of ether oxygens (including phenoxy) is 1. The van der Waals surface area contributed by atoms with Crippen molar-refractivity contribution in [2.24, 2.45) is 5.41 Å². The molecule has 0 radical (unpaired) electrons. The van der Waals surface area contributed by atoms with E-state index in [9.17, 15) is 14.4 Å². The van der Waals surface area contributed by atoms with Gasteiger partial charge in [-0.05, 0) is 100 Å². The Morgan fingerprint density at radius 2 is 1.74 bits per heavy atom. The van der Waals surface area contributed by atoms with E-state index in [0.29, 0.717) is 60.3 Å². The summed E-state index contributed by atoms with van der Waals surface area (Å²) in [4.78, 5) is 56.2. The van der Waals surface area contributed by atoms with Gasteiger partial charge < -0.3 is 24.4 Å². The van der Waals surface area contributed by atoms with E-state index >= 15 is 0 Å². The monoisotopic (exact) mass is 717 g/mol. The van der Waals surface area contributed by atoms with Gasteiger partial charge in [-0.3, -0.25) is 19.3 Å². The first-order valence-corrected chi connectivity index (χ1v) is 19.1. The van der Waals surface area contributed by atoms with E-state index in [4.69, 9.17) is 14.7 Å². The number of aryl methyl sites for hydroxylation is 1. The second-order valence-electron chi connectivity index (χ2n) is 16.7. The molecule has 1 spiro atoms. The van der Waals surface area contributed by atoms with Crippen molar-refractivity contribution in [1.29, 1.82) is 0 Å². The molecule has 278 valence electrons. The highest BCUT2D eigenvalue weighted by Gasteiger charge is 2.56.